The summed E-state index contributed by atoms with van der Waals surface area (Å²) < 4.78 is 0. The minimum Gasteiger partial charge on any atom is -0.386 e. The second-order valence-corrected chi connectivity index (χ2v) is 4.97. The number of hydrogen-bond donors (Lipinski definition) is 1. The second-order valence-electron chi connectivity index (χ2n) is 4.97. The summed E-state index contributed by atoms with van der Waals surface area (Å²) in [6.07, 6.45) is -0.939. The summed E-state index contributed by atoms with van der Waals surface area (Å²) >= 11 is 0. The van der Waals surface area contributed by atoms with E-state index >= 15 is 0 Å². The van der Waals surface area contributed by atoms with E-state index in [0.29, 0.717) is 5.56 Å². The summed E-state index contributed by atoms with van der Waals surface area (Å²) in [7, 11) is 0. The monoisotopic (exact) mass is 271 g/mol. The summed E-state index contributed by atoms with van der Waals surface area (Å²) in [6.45, 7) is 0. The molecule has 1 fully saturated rings. The first-order valence-corrected chi connectivity index (χ1v) is 6.25. The fourth-order valence-corrected chi connectivity index (χ4v) is 2.90. The van der Waals surface area contributed by atoms with Gasteiger partial charge in [-0.25, -0.2) is 0 Å². The van der Waals surface area contributed by atoms with Crippen molar-refractivity contribution in [3.05, 3.63) is 46.0 Å². The van der Waals surface area contributed by atoms with E-state index in [2.05, 4.69) is 0 Å². The average molecular weight is 271 g/mol. The van der Waals surface area contributed by atoms with Gasteiger partial charge in [-0.1, -0.05) is 30.3 Å². The highest BCUT2D eigenvalue weighted by Gasteiger charge is 2.56. The molecule has 1 aliphatic carbocycles. The zero-order chi connectivity index (χ0) is 14.8. The lowest BCUT2D eigenvalue weighted by atomic mass is 9.62. The number of benzene rings is 1. The van der Waals surface area contributed by atoms with E-state index in [1.54, 1.807) is 30.3 Å². The Balaban J connectivity index is 2.60. The van der Waals surface area contributed by atoms with Crippen molar-refractivity contribution in [3.8, 4) is 12.1 Å². The van der Waals surface area contributed by atoms with Crippen LogP contribution < -0.4 is 0 Å². The van der Waals surface area contributed by atoms with E-state index in [-0.39, 0.29) is 12.8 Å². The van der Waals surface area contributed by atoms with Gasteiger partial charge in [0.25, 0.3) is 0 Å². The molecule has 0 saturated heterocycles. The van der Waals surface area contributed by atoms with Crippen molar-refractivity contribution >= 4 is 0 Å². The number of hydrogen-bond acceptors (Lipinski definition) is 5. The molecule has 0 unspecified atom stereocenters. The van der Waals surface area contributed by atoms with Gasteiger partial charge in [0.1, 0.15) is 6.10 Å². The number of aliphatic hydroxyl groups is 1. The van der Waals surface area contributed by atoms with Crippen LogP contribution in [0, 0.1) is 38.2 Å². The molecule has 0 spiro atoms. The van der Waals surface area contributed by atoms with Crippen LogP contribution in [0.5, 0.6) is 0 Å². The van der Waals surface area contributed by atoms with Gasteiger partial charge in [-0.2, -0.15) is 10.5 Å². The van der Waals surface area contributed by atoms with E-state index in [4.69, 9.17) is 0 Å². The first-order valence-electron chi connectivity index (χ1n) is 6.25. The minimum absolute atomic E-state index is 0.0795. The molecule has 0 bridgehead atoms. The molecule has 1 N–H and O–H groups in total. The fourth-order valence-electron chi connectivity index (χ4n) is 2.90. The summed E-state index contributed by atoms with van der Waals surface area (Å²) in [5, 5.41) is 40.0. The van der Waals surface area contributed by atoms with Crippen molar-refractivity contribution in [2.45, 2.75) is 30.9 Å². The van der Waals surface area contributed by atoms with Crippen LogP contribution in [-0.4, -0.2) is 22.2 Å². The number of nitrogens with zero attached hydrogens (tertiary/aromatic N) is 3. The topological polar surface area (TPSA) is 111 Å². The van der Waals surface area contributed by atoms with Crippen molar-refractivity contribution in [1.82, 2.24) is 0 Å². The van der Waals surface area contributed by atoms with Crippen molar-refractivity contribution in [2.75, 3.05) is 0 Å². The van der Waals surface area contributed by atoms with Gasteiger partial charge in [-0.15, -0.1) is 0 Å². The number of aliphatic hydroxyl groups excluding tert-OH is 1. The predicted octanol–water partition coefficient (Wildman–Crippen LogP) is 1.60. The zero-order valence-corrected chi connectivity index (χ0v) is 10.6. The Kier molecular flexibility index (Phi) is 3.69. The van der Waals surface area contributed by atoms with E-state index in [0.717, 1.165) is 0 Å². The van der Waals surface area contributed by atoms with Crippen LogP contribution in [-0.2, 0) is 0 Å². The maximum absolute atomic E-state index is 11.3. The molecule has 0 aromatic heterocycles. The van der Waals surface area contributed by atoms with Crippen LogP contribution in [0.1, 0.15) is 24.3 Å². The van der Waals surface area contributed by atoms with Gasteiger partial charge in [0.2, 0.25) is 6.04 Å². The van der Waals surface area contributed by atoms with Crippen LogP contribution in [0.2, 0.25) is 0 Å². The van der Waals surface area contributed by atoms with Crippen molar-refractivity contribution in [3.63, 3.8) is 0 Å². The van der Waals surface area contributed by atoms with Gasteiger partial charge in [0, 0.05) is 4.92 Å². The third-order valence-corrected chi connectivity index (χ3v) is 3.90. The zero-order valence-electron chi connectivity index (χ0n) is 10.6. The van der Waals surface area contributed by atoms with Gasteiger partial charge in [-0.3, -0.25) is 10.1 Å². The number of rotatable bonds is 2. The number of nitro groups is 1. The van der Waals surface area contributed by atoms with Crippen LogP contribution in [0.25, 0.3) is 0 Å². The highest BCUT2D eigenvalue weighted by molar-refractivity contribution is 5.33. The van der Waals surface area contributed by atoms with Gasteiger partial charge in [0.05, 0.1) is 18.1 Å². The summed E-state index contributed by atoms with van der Waals surface area (Å²) in [5.41, 5.74) is -0.936. The third-order valence-electron chi connectivity index (χ3n) is 3.90. The molecule has 6 nitrogen and oxygen atoms in total. The van der Waals surface area contributed by atoms with Gasteiger partial charge >= 0.3 is 0 Å². The number of nitriles is 2. The normalized spacial score (nSPS) is 28.1. The highest BCUT2D eigenvalue weighted by Crippen LogP contribution is 2.47. The fraction of sp³-hybridized carbons (Fsp3) is 0.429. The summed E-state index contributed by atoms with van der Waals surface area (Å²) in [4.78, 5) is 10.7. The molecule has 0 heterocycles. The van der Waals surface area contributed by atoms with Gasteiger partial charge in [-0.05, 0) is 18.4 Å². The van der Waals surface area contributed by atoms with Crippen molar-refractivity contribution in [2.24, 2.45) is 5.41 Å². The Bertz CT molecular complexity index is 574. The van der Waals surface area contributed by atoms with Crippen LogP contribution in [0.15, 0.2) is 30.3 Å². The van der Waals surface area contributed by atoms with Crippen LogP contribution >= 0.6 is 0 Å². The average Bonchev–Trinajstić information content (AvgIpc) is 2.48. The molecule has 0 radical (unpaired) electrons. The Hall–Kier alpha value is -2.44. The maximum atomic E-state index is 11.3. The van der Waals surface area contributed by atoms with Crippen LogP contribution in [0.4, 0.5) is 0 Å². The van der Waals surface area contributed by atoms with Crippen molar-refractivity contribution in [1.29, 1.82) is 10.5 Å². The van der Waals surface area contributed by atoms with Gasteiger partial charge in [0.15, 0.2) is 5.41 Å². The Morgan fingerprint density at radius 2 is 1.90 bits per heavy atom. The maximum Gasteiger partial charge on any atom is 0.247 e. The third kappa shape index (κ3) is 2.11. The highest BCUT2D eigenvalue weighted by atomic mass is 16.6. The lowest BCUT2D eigenvalue weighted by Gasteiger charge is -2.37. The Labute approximate surface area is 116 Å². The molecule has 1 aromatic rings. The molecule has 102 valence electrons. The molecule has 0 aliphatic heterocycles. The Morgan fingerprint density at radius 3 is 2.40 bits per heavy atom. The van der Waals surface area contributed by atoms with E-state index in [1.807, 2.05) is 12.1 Å². The molecule has 20 heavy (non-hydrogen) atoms. The second kappa shape index (κ2) is 5.28. The molecule has 1 aromatic carbocycles. The molecular weight excluding hydrogens is 258 g/mol. The molecular formula is C14H13N3O3. The predicted molar refractivity (Wildman–Crippen MR) is 68.9 cm³/mol. The minimum atomic E-state index is -1.47. The molecule has 1 aliphatic rings. The molecule has 1 saturated carbocycles. The van der Waals surface area contributed by atoms with E-state index in [9.17, 15) is 25.7 Å². The quantitative estimate of drug-likeness (QED) is 0.648. The molecule has 6 heteroatoms. The smallest absolute Gasteiger partial charge is 0.247 e. The lowest BCUT2D eigenvalue weighted by Crippen LogP contribution is -2.50. The summed E-state index contributed by atoms with van der Waals surface area (Å²) in [5.74, 6) is -0.933. The molecule has 3 atom stereocenters. The van der Waals surface area contributed by atoms with E-state index in [1.165, 1.54) is 0 Å². The first-order chi connectivity index (χ1) is 9.55. The SMILES string of the molecule is N#CC1(C#N)CC[C@@H](O)[C@@H]([N+](=O)[O-])[C@@H]1c1ccccc1. The first kappa shape index (κ1) is 14.0. The van der Waals surface area contributed by atoms with E-state index < -0.39 is 28.4 Å². The molecule has 0 amide bonds. The standard InChI is InChI=1S/C14H13N3O3/c15-8-14(9-16)7-6-11(18)13(17(19)20)12(14)10-4-2-1-3-5-10/h1-5,11-13,18H,6-7H2/t11-,12+,13-/m1/s1. The summed E-state index contributed by atoms with van der Waals surface area (Å²) in [6, 6.07) is 11.0. The van der Waals surface area contributed by atoms with Gasteiger partial charge < -0.3 is 5.11 Å². The largest absolute Gasteiger partial charge is 0.386 e. The lowest BCUT2D eigenvalue weighted by molar-refractivity contribution is -0.544. The molecule has 2 rings (SSSR count). The Morgan fingerprint density at radius 1 is 1.30 bits per heavy atom. The van der Waals surface area contributed by atoms with Crippen LogP contribution in [0.3, 0.4) is 0 Å². The van der Waals surface area contributed by atoms with Crippen molar-refractivity contribution < 1.29 is 10.0 Å².